The highest BCUT2D eigenvalue weighted by Gasteiger charge is 2.48. The van der Waals surface area contributed by atoms with Crippen LogP contribution in [-0.4, -0.2) is 60.6 Å². The van der Waals surface area contributed by atoms with Gasteiger partial charge in [0, 0.05) is 12.3 Å². The summed E-state index contributed by atoms with van der Waals surface area (Å²) < 4.78 is 73.0. The van der Waals surface area contributed by atoms with Crippen molar-refractivity contribution in [2.75, 3.05) is 25.4 Å². The van der Waals surface area contributed by atoms with E-state index in [1.54, 1.807) is 6.07 Å². The highest BCUT2D eigenvalue weighted by molar-refractivity contribution is 8.32. The molecule has 0 saturated heterocycles. The second-order valence-electron chi connectivity index (χ2n) is 9.52. The van der Waals surface area contributed by atoms with Crippen molar-refractivity contribution in [2.45, 2.75) is 29.8 Å². The number of halogens is 4. The molecule has 0 bridgehead atoms. The predicted octanol–water partition coefficient (Wildman–Crippen LogP) is 5.06. The van der Waals surface area contributed by atoms with Crippen LogP contribution in [0.3, 0.4) is 0 Å². The Labute approximate surface area is 219 Å². The van der Waals surface area contributed by atoms with E-state index < -0.39 is 44.2 Å². The lowest BCUT2D eigenvalue weighted by molar-refractivity contribution is -0.219. The van der Waals surface area contributed by atoms with Crippen molar-refractivity contribution in [3.8, 4) is 11.7 Å². The number of hydrogen-bond donors (Lipinski definition) is 1. The van der Waals surface area contributed by atoms with Crippen molar-refractivity contribution in [3.05, 3.63) is 59.4 Å². The van der Waals surface area contributed by atoms with Crippen molar-refractivity contribution in [1.82, 2.24) is 19.5 Å². The zero-order chi connectivity index (χ0) is 27.8. The van der Waals surface area contributed by atoms with E-state index in [1.807, 2.05) is 29.6 Å². The summed E-state index contributed by atoms with van der Waals surface area (Å²) in [6.45, 7) is 1.38. The summed E-state index contributed by atoms with van der Waals surface area (Å²) in [5.41, 5.74) is -2.27. The van der Waals surface area contributed by atoms with Gasteiger partial charge in [-0.25, -0.2) is 32.8 Å². The number of ether oxygens (including phenoxy) is 1. The molecule has 0 unspecified atom stereocenters. The van der Waals surface area contributed by atoms with Gasteiger partial charge in [-0.3, -0.25) is 4.79 Å². The number of carbonyl (C=O) groups excluding carboxylic acids is 1. The van der Waals surface area contributed by atoms with Gasteiger partial charge in [0.05, 0.1) is 15.9 Å². The van der Waals surface area contributed by atoms with Gasteiger partial charge in [-0.1, -0.05) is 23.7 Å². The lowest BCUT2D eigenvalue weighted by Gasteiger charge is -2.26. The Kier molecular flexibility index (Phi) is 7.92. The molecule has 0 atom stereocenters. The molecule has 0 aliphatic carbocycles. The van der Waals surface area contributed by atoms with Crippen LogP contribution in [0, 0.1) is 5.41 Å². The Hall–Kier alpha value is -2.77. The molecule has 1 amide bonds. The molecule has 14 heteroatoms. The molecule has 202 valence electrons. The highest BCUT2D eigenvalue weighted by atomic mass is 35.5. The molecular formula is C23H26ClF3N4O4S2. The lowest BCUT2D eigenvalue weighted by atomic mass is 9.94. The summed E-state index contributed by atoms with van der Waals surface area (Å²) in [6.07, 6.45) is 2.99. The number of nitrogens with zero attached hydrogens (tertiary/aromatic N) is 3. The quantitative estimate of drug-likeness (QED) is 0.375. The summed E-state index contributed by atoms with van der Waals surface area (Å²) in [5, 5.41) is 3.72. The average molecular weight is 579 g/mol. The van der Waals surface area contributed by atoms with E-state index in [1.165, 1.54) is 41.2 Å². The molecule has 2 heterocycles. The molecular weight excluding hydrogens is 553 g/mol. The summed E-state index contributed by atoms with van der Waals surface area (Å²) in [5.74, 6) is -0.908. The zero-order valence-corrected chi connectivity index (χ0v) is 23.0. The van der Waals surface area contributed by atoms with E-state index in [2.05, 4.69) is 10.1 Å². The topological polar surface area (TPSA) is 103 Å². The van der Waals surface area contributed by atoms with Crippen LogP contribution >= 0.6 is 21.6 Å². The molecule has 0 saturated carbocycles. The Morgan fingerprint density at radius 2 is 1.73 bits per heavy atom. The summed E-state index contributed by atoms with van der Waals surface area (Å²) in [4.78, 5) is 17.6. The number of nitrogens with one attached hydrogen (secondary N) is 1. The van der Waals surface area contributed by atoms with E-state index >= 15 is 0 Å². The Balaban J connectivity index is 1.75. The van der Waals surface area contributed by atoms with Crippen LogP contribution in [0.2, 0.25) is 5.15 Å². The number of rotatable bonds is 8. The molecule has 3 aromatic rings. The van der Waals surface area contributed by atoms with Crippen LogP contribution < -0.4 is 9.46 Å². The first-order valence-corrected chi connectivity index (χ1v) is 15.4. The first-order chi connectivity index (χ1) is 16.9. The van der Waals surface area contributed by atoms with E-state index in [9.17, 15) is 26.4 Å². The third-order valence-electron chi connectivity index (χ3n) is 5.28. The highest BCUT2D eigenvalue weighted by Crippen LogP contribution is 2.45. The Morgan fingerprint density at radius 1 is 1.08 bits per heavy atom. The van der Waals surface area contributed by atoms with Crippen molar-refractivity contribution in [2.24, 2.45) is 5.41 Å². The molecule has 3 rings (SSSR count). The molecule has 8 nitrogen and oxygen atoms in total. The minimum atomic E-state index is -4.45. The number of sulfonamides is 1. The smallest absolute Gasteiger partial charge is 0.397 e. The van der Waals surface area contributed by atoms with Crippen LogP contribution in [-0.2, 0) is 10.0 Å². The minimum absolute atomic E-state index is 0.0563. The molecule has 0 aliphatic rings. The molecule has 0 spiro atoms. The van der Waals surface area contributed by atoms with Crippen molar-refractivity contribution in [3.63, 3.8) is 0 Å². The van der Waals surface area contributed by atoms with Gasteiger partial charge >= 0.3 is 6.18 Å². The third kappa shape index (κ3) is 6.76. The van der Waals surface area contributed by atoms with E-state index in [-0.39, 0.29) is 27.3 Å². The minimum Gasteiger partial charge on any atom is -0.476 e. The van der Waals surface area contributed by atoms with Gasteiger partial charge in [-0.15, -0.1) is 5.10 Å². The second kappa shape index (κ2) is 10.2. The molecule has 0 fully saturated rings. The predicted molar refractivity (Wildman–Crippen MR) is 136 cm³/mol. The maximum absolute atomic E-state index is 13.0. The van der Waals surface area contributed by atoms with Gasteiger partial charge in [-0.05, 0) is 61.8 Å². The Bertz CT molecular complexity index is 1420. The average Bonchev–Trinajstić information content (AvgIpc) is 3.25. The lowest BCUT2D eigenvalue weighted by Crippen LogP contribution is -2.37. The van der Waals surface area contributed by atoms with E-state index in [0.717, 1.165) is 18.7 Å². The summed E-state index contributed by atoms with van der Waals surface area (Å²) in [6, 6.07) is 10.3. The second-order valence-corrected chi connectivity index (χ2v) is 15.7. The largest absolute Gasteiger partial charge is 0.476 e. The molecule has 1 N–H and O–H groups in total. The molecule has 37 heavy (non-hydrogen) atoms. The van der Waals surface area contributed by atoms with Crippen molar-refractivity contribution < 1.29 is 31.1 Å². The number of aromatic nitrogens is 3. The van der Waals surface area contributed by atoms with E-state index in [4.69, 9.17) is 16.3 Å². The third-order valence-corrected chi connectivity index (χ3v) is 8.56. The molecule has 2 aromatic heterocycles. The van der Waals surface area contributed by atoms with Crippen LogP contribution in [0.15, 0.2) is 58.5 Å². The molecule has 1 aromatic carbocycles. The van der Waals surface area contributed by atoms with Crippen molar-refractivity contribution >= 4 is 37.6 Å². The SMILES string of the molecule is CC(C)(COc1ccn(-c2ccc(C(=O)NS(=O)(=O)c3cccc(S(C)(C)C)c3)c(Cl)n2)n1)C(F)(F)F. The van der Waals surface area contributed by atoms with Gasteiger partial charge in [-0.2, -0.15) is 13.2 Å². The number of hydrogen-bond acceptors (Lipinski definition) is 6. The fourth-order valence-electron chi connectivity index (χ4n) is 2.83. The number of carbonyl (C=O) groups is 1. The number of benzene rings is 1. The molecule has 0 radical (unpaired) electrons. The van der Waals surface area contributed by atoms with Gasteiger partial charge in [0.25, 0.3) is 15.9 Å². The first kappa shape index (κ1) is 28.8. The molecule has 0 aliphatic heterocycles. The van der Waals surface area contributed by atoms with E-state index in [0.29, 0.717) is 0 Å². The van der Waals surface area contributed by atoms with Gasteiger partial charge in [0.2, 0.25) is 5.88 Å². The number of amides is 1. The first-order valence-electron chi connectivity index (χ1n) is 10.7. The number of alkyl halides is 3. The monoisotopic (exact) mass is 578 g/mol. The van der Waals surface area contributed by atoms with Gasteiger partial charge in [0.1, 0.15) is 11.8 Å². The summed E-state index contributed by atoms with van der Waals surface area (Å²) >= 11 is 6.15. The maximum Gasteiger partial charge on any atom is 0.397 e. The van der Waals surface area contributed by atoms with Crippen LogP contribution in [0.25, 0.3) is 5.82 Å². The Morgan fingerprint density at radius 3 is 2.32 bits per heavy atom. The fourth-order valence-corrected chi connectivity index (χ4v) is 5.12. The zero-order valence-electron chi connectivity index (χ0n) is 20.6. The normalized spacial score (nSPS) is 13.3. The fraction of sp³-hybridized carbons (Fsp3) is 0.348. The summed E-state index contributed by atoms with van der Waals surface area (Å²) in [7, 11) is -5.38. The number of pyridine rings is 1. The van der Waals surface area contributed by atoms with Gasteiger partial charge < -0.3 is 4.74 Å². The standard InChI is InChI=1S/C23H26ClF3N4O4S2/c1-22(2,23(25,26)27)14-35-19-11-12-31(29-19)18-10-9-17(20(24)28-18)21(32)30-37(33,34)16-8-6-7-15(13-16)36(3,4)5/h6-13H,14H2,1-5H3,(H,30,32). The van der Waals surface area contributed by atoms with Crippen LogP contribution in [0.5, 0.6) is 5.88 Å². The van der Waals surface area contributed by atoms with Gasteiger partial charge in [0.15, 0.2) is 5.82 Å². The van der Waals surface area contributed by atoms with Crippen LogP contribution in [0.1, 0.15) is 24.2 Å². The van der Waals surface area contributed by atoms with Crippen molar-refractivity contribution in [1.29, 1.82) is 0 Å². The maximum atomic E-state index is 13.0. The van der Waals surface area contributed by atoms with Crippen LogP contribution in [0.4, 0.5) is 13.2 Å².